The van der Waals surface area contributed by atoms with Crippen LogP contribution < -0.4 is 5.32 Å². The fourth-order valence-electron chi connectivity index (χ4n) is 1.47. The summed E-state index contributed by atoms with van der Waals surface area (Å²) in [7, 11) is 0. The van der Waals surface area contributed by atoms with Crippen molar-refractivity contribution in [2.45, 2.75) is 32.2 Å². The SMILES string of the molecule is CC(Cc1nccs1)(C(=O)O)C(=O)NC1CC1. The second kappa shape index (κ2) is 4.44. The molecule has 0 saturated heterocycles. The standard InChI is InChI=1S/C11H14N2O3S/c1-11(10(15)16,6-8-12-4-5-17-8)9(14)13-7-2-3-7/h4-5,7H,2-3,6H2,1H3,(H,13,14)(H,15,16). The third-order valence-corrected chi connectivity index (χ3v) is 3.65. The van der Waals surface area contributed by atoms with Crippen LogP contribution in [0.25, 0.3) is 0 Å². The highest BCUT2D eigenvalue weighted by Crippen LogP contribution is 2.27. The molecule has 1 saturated carbocycles. The van der Waals surface area contributed by atoms with Gasteiger partial charge in [-0.15, -0.1) is 11.3 Å². The second-order valence-electron chi connectivity index (χ2n) is 4.49. The Morgan fingerprint density at radius 3 is 2.82 bits per heavy atom. The van der Waals surface area contributed by atoms with Crippen molar-refractivity contribution in [2.75, 3.05) is 0 Å². The van der Waals surface area contributed by atoms with Crippen LogP contribution in [0, 0.1) is 5.41 Å². The van der Waals surface area contributed by atoms with Gasteiger partial charge >= 0.3 is 5.97 Å². The predicted octanol–water partition coefficient (Wildman–Crippen LogP) is 1.06. The predicted molar refractivity (Wildman–Crippen MR) is 62.7 cm³/mol. The molecule has 1 heterocycles. The van der Waals surface area contributed by atoms with E-state index in [2.05, 4.69) is 10.3 Å². The Balaban J connectivity index is 2.12. The van der Waals surface area contributed by atoms with E-state index in [-0.39, 0.29) is 12.5 Å². The maximum atomic E-state index is 12.0. The van der Waals surface area contributed by atoms with Crippen LogP contribution in [0.1, 0.15) is 24.8 Å². The first-order valence-electron chi connectivity index (χ1n) is 5.45. The Morgan fingerprint density at radius 2 is 2.35 bits per heavy atom. The van der Waals surface area contributed by atoms with E-state index in [4.69, 9.17) is 0 Å². The van der Waals surface area contributed by atoms with E-state index in [0.717, 1.165) is 12.8 Å². The van der Waals surface area contributed by atoms with Crippen molar-refractivity contribution in [1.82, 2.24) is 10.3 Å². The van der Waals surface area contributed by atoms with Gasteiger partial charge in [-0.25, -0.2) is 4.98 Å². The van der Waals surface area contributed by atoms with E-state index in [1.54, 1.807) is 11.6 Å². The van der Waals surface area contributed by atoms with Gasteiger partial charge in [-0.1, -0.05) is 0 Å². The monoisotopic (exact) mass is 254 g/mol. The Bertz CT molecular complexity index is 428. The van der Waals surface area contributed by atoms with Crippen molar-refractivity contribution in [1.29, 1.82) is 0 Å². The zero-order valence-electron chi connectivity index (χ0n) is 9.47. The van der Waals surface area contributed by atoms with Crippen LogP contribution >= 0.6 is 11.3 Å². The van der Waals surface area contributed by atoms with Crippen LogP contribution in [0.15, 0.2) is 11.6 Å². The minimum Gasteiger partial charge on any atom is -0.480 e. The summed E-state index contributed by atoms with van der Waals surface area (Å²) in [5.74, 6) is -1.52. The number of nitrogens with one attached hydrogen (secondary N) is 1. The number of hydrogen-bond acceptors (Lipinski definition) is 4. The molecule has 0 aromatic carbocycles. The molecule has 2 N–H and O–H groups in total. The number of hydrogen-bond donors (Lipinski definition) is 2. The number of thiazole rings is 1. The van der Waals surface area contributed by atoms with E-state index in [1.807, 2.05) is 0 Å². The number of amides is 1. The van der Waals surface area contributed by atoms with Crippen molar-refractivity contribution < 1.29 is 14.7 Å². The van der Waals surface area contributed by atoms with Crippen LogP contribution in [0.2, 0.25) is 0 Å². The Labute approximate surface area is 103 Å². The number of nitrogens with zero attached hydrogens (tertiary/aromatic N) is 1. The molecule has 1 atom stereocenters. The lowest BCUT2D eigenvalue weighted by molar-refractivity contribution is -0.154. The summed E-state index contributed by atoms with van der Waals surface area (Å²) in [5.41, 5.74) is -1.43. The number of carbonyl (C=O) groups excluding carboxylic acids is 1. The van der Waals surface area contributed by atoms with Crippen molar-refractivity contribution in [3.05, 3.63) is 16.6 Å². The molecular weight excluding hydrogens is 240 g/mol. The van der Waals surface area contributed by atoms with Crippen LogP contribution in [0.5, 0.6) is 0 Å². The summed E-state index contributed by atoms with van der Waals surface area (Å²) in [5, 5.41) is 14.4. The zero-order valence-corrected chi connectivity index (χ0v) is 10.3. The molecule has 6 heteroatoms. The number of carboxylic acid groups (broad SMARTS) is 1. The van der Waals surface area contributed by atoms with Gasteiger partial charge in [0.1, 0.15) is 5.41 Å². The number of aliphatic carboxylic acids is 1. The van der Waals surface area contributed by atoms with Crippen LogP contribution in [0.4, 0.5) is 0 Å². The molecule has 1 amide bonds. The molecular formula is C11H14N2O3S. The van der Waals surface area contributed by atoms with Gasteiger partial charge in [-0.05, 0) is 19.8 Å². The largest absolute Gasteiger partial charge is 0.480 e. The molecule has 1 aromatic heterocycles. The first-order chi connectivity index (χ1) is 8.02. The second-order valence-corrected chi connectivity index (χ2v) is 5.47. The molecule has 5 nitrogen and oxygen atoms in total. The number of carbonyl (C=O) groups is 2. The number of carboxylic acids is 1. The fourth-order valence-corrected chi connectivity index (χ4v) is 2.24. The van der Waals surface area contributed by atoms with Gasteiger partial charge in [0.05, 0.1) is 5.01 Å². The third kappa shape index (κ3) is 2.63. The van der Waals surface area contributed by atoms with E-state index < -0.39 is 17.3 Å². The lowest BCUT2D eigenvalue weighted by Crippen LogP contribution is -2.46. The molecule has 0 spiro atoms. The Hall–Kier alpha value is -1.43. The first kappa shape index (κ1) is 12.0. The van der Waals surface area contributed by atoms with Gasteiger partial charge in [-0.2, -0.15) is 0 Å². The van der Waals surface area contributed by atoms with Crippen LogP contribution in [-0.4, -0.2) is 28.0 Å². The summed E-state index contributed by atoms with van der Waals surface area (Å²) in [6, 6.07) is 0.164. The molecule has 92 valence electrons. The molecule has 0 radical (unpaired) electrons. The molecule has 0 aliphatic heterocycles. The van der Waals surface area contributed by atoms with E-state index in [9.17, 15) is 14.7 Å². The first-order valence-corrected chi connectivity index (χ1v) is 6.33. The average Bonchev–Trinajstić information content (AvgIpc) is 2.93. The van der Waals surface area contributed by atoms with Crippen molar-refractivity contribution in [2.24, 2.45) is 5.41 Å². The highest BCUT2D eigenvalue weighted by molar-refractivity contribution is 7.09. The van der Waals surface area contributed by atoms with Gasteiger partial charge in [-0.3, -0.25) is 9.59 Å². The van der Waals surface area contributed by atoms with Crippen molar-refractivity contribution in [3.8, 4) is 0 Å². The zero-order chi connectivity index (χ0) is 12.5. The summed E-state index contributed by atoms with van der Waals surface area (Å²) in [6.07, 6.45) is 3.64. The number of aromatic nitrogens is 1. The lowest BCUT2D eigenvalue weighted by Gasteiger charge is -2.22. The smallest absolute Gasteiger partial charge is 0.319 e. The van der Waals surface area contributed by atoms with Gasteiger partial charge in [0.15, 0.2) is 0 Å². The molecule has 1 aromatic rings. The minimum atomic E-state index is -1.43. The molecule has 1 fully saturated rings. The van der Waals surface area contributed by atoms with Crippen LogP contribution in [-0.2, 0) is 16.0 Å². The van der Waals surface area contributed by atoms with Crippen molar-refractivity contribution >= 4 is 23.2 Å². The molecule has 0 bridgehead atoms. The van der Waals surface area contributed by atoms with Crippen molar-refractivity contribution in [3.63, 3.8) is 0 Å². The Kier molecular flexibility index (Phi) is 3.15. The van der Waals surface area contributed by atoms with E-state index in [1.165, 1.54) is 18.3 Å². The molecule has 1 aliphatic rings. The molecule has 1 unspecified atom stereocenters. The maximum absolute atomic E-state index is 12.0. The quantitative estimate of drug-likeness (QED) is 0.770. The summed E-state index contributed by atoms with van der Waals surface area (Å²) < 4.78 is 0. The summed E-state index contributed by atoms with van der Waals surface area (Å²) in [6.45, 7) is 1.45. The minimum absolute atomic E-state index is 0.137. The Morgan fingerprint density at radius 1 is 1.65 bits per heavy atom. The van der Waals surface area contributed by atoms with Gasteiger partial charge < -0.3 is 10.4 Å². The van der Waals surface area contributed by atoms with E-state index >= 15 is 0 Å². The molecule has 2 rings (SSSR count). The summed E-state index contributed by atoms with van der Waals surface area (Å²) >= 11 is 1.36. The van der Waals surface area contributed by atoms with Crippen LogP contribution in [0.3, 0.4) is 0 Å². The normalized spacial score (nSPS) is 18.4. The van der Waals surface area contributed by atoms with Gasteiger partial charge in [0.25, 0.3) is 0 Å². The topological polar surface area (TPSA) is 79.3 Å². The average molecular weight is 254 g/mol. The molecule has 1 aliphatic carbocycles. The third-order valence-electron chi connectivity index (χ3n) is 2.87. The fraction of sp³-hybridized carbons (Fsp3) is 0.545. The number of rotatable bonds is 5. The maximum Gasteiger partial charge on any atom is 0.319 e. The lowest BCUT2D eigenvalue weighted by atomic mass is 9.86. The van der Waals surface area contributed by atoms with E-state index in [0.29, 0.717) is 5.01 Å². The summed E-state index contributed by atoms with van der Waals surface area (Å²) in [4.78, 5) is 27.3. The van der Waals surface area contributed by atoms with Gasteiger partial charge in [0.2, 0.25) is 5.91 Å². The van der Waals surface area contributed by atoms with Gasteiger partial charge in [0, 0.05) is 24.0 Å². The molecule has 17 heavy (non-hydrogen) atoms. The highest BCUT2D eigenvalue weighted by Gasteiger charge is 2.43. The highest BCUT2D eigenvalue weighted by atomic mass is 32.1.